The Bertz CT molecular complexity index is 378. The topological polar surface area (TPSA) is 15.3 Å². The first-order valence-electron chi connectivity index (χ1n) is 7.01. The lowest BCUT2D eigenvalue weighted by atomic mass is 10.0. The van der Waals surface area contributed by atoms with Gasteiger partial charge in [0.1, 0.15) is 0 Å². The van der Waals surface area contributed by atoms with Crippen LogP contribution in [0.4, 0.5) is 0 Å². The molecule has 1 rings (SSSR count). The van der Waals surface area contributed by atoms with Crippen LogP contribution < -0.4 is 5.32 Å². The SMILES string of the molecule is Cc1ccc(CNC(CC(C)C)CN(C)C)cc1Cl. The first-order valence-corrected chi connectivity index (χ1v) is 7.39. The number of halogens is 1. The van der Waals surface area contributed by atoms with E-state index in [0.717, 1.165) is 23.7 Å². The third-order valence-corrected chi connectivity index (χ3v) is 3.58. The van der Waals surface area contributed by atoms with Gasteiger partial charge in [-0.1, -0.05) is 37.6 Å². The third kappa shape index (κ3) is 6.42. The van der Waals surface area contributed by atoms with Crippen LogP contribution >= 0.6 is 11.6 Å². The van der Waals surface area contributed by atoms with Crippen LogP contribution in [-0.4, -0.2) is 31.6 Å². The monoisotopic (exact) mass is 282 g/mol. The van der Waals surface area contributed by atoms with E-state index in [9.17, 15) is 0 Å². The van der Waals surface area contributed by atoms with E-state index in [1.165, 1.54) is 12.0 Å². The molecule has 1 N–H and O–H groups in total. The van der Waals surface area contributed by atoms with Crippen LogP contribution in [0.25, 0.3) is 0 Å². The van der Waals surface area contributed by atoms with Crippen molar-refractivity contribution >= 4 is 11.6 Å². The van der Waals surface area contributed by atoms with Crippen LogP contribution in [0.1, 0.15) is 31.4 Å². The zero-order valence-corrected chi connectivity index (χ0v) is 13.6. The molecule has 0 aliphatic carbocycles. The molecule has 19 heavy (non-hydrogen) atoms. The second-order valence-corrected chi connectivity index (χ2v) is 6.46. The molecule has 0 saturated heterocycles. The molecule has 0 radical (unpaired) electrons. The predicted molar refractivity (Wildman–Crippen MR) is 84.8 cm³/mol. The van der Waals surface area contributed by atoms with Crippen molar-refractivity contribution in [1.82, 2.24) is 10.2 Å². The first-order chi connectivity index (χ1) is 8.88. The summed E-state index contributed by atoms with van der Waals surface area (Å²) < 4.78 is 0. The fraction of sp³-hybridized carbons (Fsp3) is 0.625. The van der Waals surface area contributed by atoms with Crippen molar-refractivity contribution in [2.75, 3.05) is 20.6 Å². The van der Waals surface area contributed by atoms with Crippen LogP contribution in [0.5, 0.6) is 0 Å². The molecule has 0 bridgehead atoms. The molecule has 0 heterocycles. The van der Waals surface area contributed by atoms with Gasteiger partial charge < -0.3 is 10.2 Å². The summed E-state index contributed by atoms with van der Waals surface area (Å²) in [6, 6.07) is 6.82. The number of rotatable bonds is 7. The number of hydrogen-bond acceptors (Lipinski definition) is 2. The summed E-state index contributed by atoms with van der Waals surface area (Å²) in [5.41, 5.74) is 2.39. The summed E-state index contributed by atoms with van der Waals surface area (Å²) in [5.74, 6) is 0.707. The first kappa shape index (κ1) is 16.5. The van der Waals surface area contributed by atoms with Gasteiger partial charge >= 0.3 is 0 Å². The highest BCUT2D eigenvalue weighted by molar-refractivity contribution is 6.31. The largest absolute Gasteiger partial charge is 0.309 e. The maximum atomic E-state index is 6.16. The van der Waals surface area contributed by atoms with Crippen molar-refractivity contribution in [2.24, 2.45) is 5.92 Å². The van der Waals surface area contributed by atoms with Crippen molar-refractivity contribution in [3.8, 4) is 0 Å². The fourth-order valence-corrected chi connectivity index (χ4v) is 2.44. The summed E-state index contributed by atoms with van der Waals surface area (Å²) in [5, 5.41) is 4.50. The Morgan fingerprint density at radius 3 is 2.47 bits per heavy atom. The standard InChI is InChI=1S/C16H27ClN2/c1-12(2)8-15(11-19(4)5)18-10-14-7-6-13(3)16(17)9-14/h6-7,9,12,15,18H,8,10-11H2,1-5H3. The molecule has 1 aromatic carbocycles. The number of nitrogens with one attached hydrogen (secondary N) is 1. The van der Waals surface area contributed by atoms with E-state index in [1.807, 2.05) is 6.92 Å². The number of nitrogens with zero attached hydrogens (tertiary/aromatic N) is 1. The van der Waals surface area contributed by atoms with Gasteiger partial charge in [-0.3, -0.25) is 0 Å². The number of aryl methyl sites for hydroxylation is 1. The highest BCUT2D eigenvalue weighted by Gasteiger charge is 2.11. The molecule has 0 aliphatic heterocycles. The van der Waals surface area contributed by atoms with Gasteiger partial charge in [-0.25, -0.2) is 0 Å². The van der Waals surface area contributed by atoms with Gasteiger partial charge in [-0.05, 0) is 50.6 Å². The molecule has 1 aromatic rings. The predicted octanol–water partition coefficient (Wildman–Crippen LogP) is 3.71. The third-order valence-electron chi connectivity index (χ3n) is 3.17. The van der Waals surface area contributed by atoms with E-state index in [4.69, 9.17) is 11.6 Å². The minimum atomic E-state index is 0.523. The van der Waals surface area contributed by atoms with Crippen molar-refractivity contribution < 1.29 is 0 Å². The Labute approximate surface area is 123 Å². The van der Waals surface area contributed by atoms with Crippen molar-refractivity contribution in [2.45, 2.75) is 39.8 Å². The molecule has 0 aromatic heterocycles. The summed E-state index contributed by atoms with van der Waals surface area (Å²) >= 11 is 6.16. The molecule has 0 spiro atoms. The molecule has 0 amide bonds. The lowest BCUT2D eigenvalue weighted by molar-refractivity contribution is 0.305. The average molecular weight is 283 g/mol. The van der Waals surface area contributed by atoms with E-state index in [0.29, 0.717) is 12.0 Å². The zero-order valence-electron chi connectivity index (χ0n) is 12.8. The molecule has 1 atom stereocenters. The minimum absolute atomic E-state index is 0.523. The maximum absolute atomic E-state index is 6.16. The molecule has 2 nitrogen and oxygen atoms in total. The Morgan fingerprint density at radius 1 is 1.26 bits per heavy atom. The molecule has 0 aliphatic rings. The van der Waals surface area contributed by atoms with Crippen LogP contribution in [-0.2, 0) is 6.54 Å². The molecule has 0 saturated carbocycles. The summed E-state index contributed by atoms with van der Waals surface area (Å²) in [4.78, 5) is 2.24. The van der Waals surface area contributed by atoms with Crippen LogP contribution in [0.2, 0.25) is 5.02 Å². The van der Waals surface area contributed by atoms with Gasteiger partial charge in [0.15, 0.2) is 0 Å². The number of likely N-dealkylation sites (N-methyl/N-ethyl adjacent to an activating group) is 1. The second kappa shape index (κ2) is 7.88. The number of benzene rings is 1. The molecule has 108 valence electrons. The average Bonchev–Trinajstić information content (AvgIpc) is 2.29. The van der Waals surface area contributed by atoms with E-state index < -0.39 is 0 Å². The van der Waals surface area contributed by atoms with Crippen LogP contribution in [0.15, 0.2) is 18.2 Å². The van der Waals surface area contributed by atoms with Crippen molar-refractivity contribution in [3.05, 3.63) is 34.3 Å². The maximum Gasteiger partial charge on any atom is 0.0438 e. The lowest BCUT2D eigenvalue weighted by Gasteiger charge is -2.24. The van der Waals surface area contributed by atoms with Crippen molar-refractivity contribution in [3.63, 3.8) is 0 Å². The van der Waals surface area contributed by atoms with Gasteiger partial charge in [0.05, 0.1) is 0 Å². The fourth-order valence-electron chi connectivity index (χ4n) is 2.24. The zero-order chi connectivity index (χ0) is 14.4. The minimum Gasteiger partial charge on any atom is -0.309 e. The molecule has 3 heteroatoms. The smallest absolute Gasteiger partial charge is 0.0438 e. The molecular weight excluding hydrogens is 256 g/mol. The molecular formula is C16H27ClN2. The summed E-state index contributed by atoms with van der Waals surface area (Å²) in [7, 11) is 4.25. The Morgan fingerprint density at radius 2 is 1.95 bits per heavy atom. The van der Waals surface area contributed by atoms with E-state index >= 15 is 0 Å². The normalized spacial score (nSPS) is 13.3. The summed E-state index contributed by atoms with van der Waals surface area (Å²) in [6.07, 6.45) is 1.19. The highest BCUT2D eigenvalue weighted by atomic mass is 35.5. The van der Waals surface area contributed by atoms with Crippen LogP contribution in [0.3, 0.4) is 0 Å². The Hall–Kier alpha value is -0.570. The van der Waals surface area contributed by atoms with Gasteiger partial charge in [0.2, 0.25) is 0 Å². The van der Waals surface area contributed by atoms with E-state index in [-0.39, 0.29) is 0 Å². The van der Waals surface area contributed by atoms with E-state index in [2.05, 4.69) is 56.4 Å². The highest BCUT2D eigenvalue weighted by Crippen LogP contribution is 2.17. The quantitative estimate of drug-likeness (QED) is 0.820. The van der Waals surface area contributed by atoms with Gasteiger partial charge in [-0.2, -0.15) is 0 Å². The Balaban J connectivity index is 2.56. The second-order valence-electron chi connectivity index (χ2n) is 6.05. The summed E-state index contributed by atoms with van der Waals surface area (Å²) in [6.45, 7) is 8.52. The molecule has 1 unspecified atom stereocenters. The van der Waals surface area contributed by atoms with E-state index in [1.54, 1.807) is 0 Å². The van der Waals surface area contributed by atoms with Crippen LogP contribution in [0, 0.1) is 12.8 Å². The molecule has 0 fully saturated rings. The van der Waals surface area contributed by atoms with Gasteiger partial charge in [0, 0.05) is 24.2 Å². The lowest BCUT2D eigenvalue weighted by Crippen LogP contribution is -2.38. The Kier molecular flexibility index (Phi) is 6.84. The number of hydrogen-bond donors (Lipinski definition) is 1. The van der Waals surface area contributed by atoms with Gasteiger partial charge in [0.25, 0.3) is 0 Å². The van der Waals surface area contributed by atoms with Crippen molar-refractivity contribution in [1.29, 1.82) is 0 Å². The van der Waals surface area contributed by atoms with Gasteiger partial charge in [-0.15, -0.1) is 0 Å².